The molecule has 6 heteroatoms. The first-order valence-corrected chi connectivity index (χ1v) is 5.08. The molecule has 0 unspecified atom stereocenters. The molecule has 0 fully saturated rings. The van der Waals surface area contributed by atoms with E-state index < -0.39 is 10.7 Å². The third kappa shape index (κ3) is 2.13. The van der Waals surface area contributed by atoms with Crippen molar-refractivity contribution in [3.05, 3.63) is 52.3 Å². The standard InChI is InChI=1S/C12H9FN2O3/c1-18-11-7-6-10(15(16)17)12(14-11)8-4-2-3-5-9(8)13/h2-7H,1H3. The van der Waals surface area contributed by atoms with Crippen molar-refractivity contribution in [1.29, 1.82) is 0 Å². The molecule has 2 rings (SSSR count). The Kier molecular flexibility index (Phi) is 3.18. The summed E-state index contributed by atoms with van der Waals surface area (Å²) >= 11 is 0. The third-order valence-corrected chi connectivity index (χ3v) is 2.38. The van der Waals surface area contributed by atoms with Crippen LogP contribution in [0, 0.1) is 15.9 Å². The summed E-state index contributed by atoms with van der Waals surface area (Å²) in [4.78, 5) is 14.2. The molecular formula is C12H9FN2O3. The van der Waals surface area contributed by atoms with Crippen LogP contribution in [0.5, 0.6) is 5.88 Å². The highest BCUT2D eigenvalue weighted by Gasteiger charge is 2.20. The number of methoxy groups -OCH3 is 1. The Balaban J connectivity index is 2.68. The first-order chi connectivity index (χ1) is 8.63. The first-order valence-electron chi connectivity index (χ1n) is 5.08. The van der Waals surface area contributed by atoms with Crippen molar-refractivity contribution in [2.45, 2.75) is 0 Å². The van der Waals surface area contributed by atoms with Gasteiger partial charge in [-0.15, -0.1) is 0 Å². The van der Waals surface area contributed by atoms with E-state index in [2.05, 4.69) is 4.98 Å². The van der Waals surface area contributed by atoms with Gasteiger partial charge in [-0.25, -0.2) is 9.37 Å². The minimum absolute atomic E-state index is 0.0440. The first kappa shape index (κ1) is 12.0. The van der Waals surface area contributed by atoms with E-state index in [0.29, 0.717) is 0 Å². The number of nitrogens with zero attached hydrogens (tertiary/aromatic N) is 2. The SMILES string of the molecule is COc1ccc([N+](=O)[O-])c(-c2ccccc2F)n1. The second kappa shape index (κ2) is 4.79. The van der Waals surface area contributed by atoms with Crippen LogP contribution < -0.4 is 4.74 Å². The van der Waals surface area contributed by atoms with E-state index in [1.807, 2.05) is 0 Å². The molecule has 92 valence electrons. The zero-order valence-electron chi connectivity index (χ0n) is 9.46. The monoisotopic (exact) mass is 248 g/mol. The average molecular weight is 248 g/mol. The van der Waals surface area contributed by atoms with E-state index in [4.69, 9.17) is 4.74 Å². The number of aromatic nitrogens is 1. The quantitative estimate of drug-likeness (QED) is 0.618. The summed E-state index contributed by atoms with van der Waals surface area (Å²) in [6.45, 7) is 0. The fourth-order valence-corrected chi connectivity index (χ4v) is 1.55. The Labute approximate surface area is 102 Å². The van der Waals surface area contributed by atoms with E-state index in [1.54, 1.807) is 6.07 Å². The molecule has 0 radical (unpaired) electrons. The highest BCUT2D eigenvalue weighted by Crippen LogP contribution is 2.31. The molecule has 1 aromatic heterocycles. The van der Waals surface area contributed by atoms with Crippen LogP contribution in [0.1, 0.15) is 0 Å². The van der Waals surface area contributed by atoms with Gasteiger partial charge in [0.25, 0.3) is 5.69 Å². The zero-order chi connectivity index (χ0) is 13.1. The molecule has 1 heterocycles. The largest absolute Gasteiger partial charge is 0.481 e. The van der Waals surface area contributed by atoms with Gasteiger partial charge in [-0.2, -0.15) is 0 Å². The zero-order valence-corrected chi connectivity index (χ0v) is 9.46. The maximum atomic E-state index is 13.7. The van der Waals surface area contributed by atoms with Crippen molar-refractivity contribution in [3.63, 3.8) is 0 Å². The topological polar surface area (TPSA) is 65.3 Å². The lowest BCUT2D eigenvalue weighted by molar-refractivity contribution is -0.384. The Morgan fingerprint density at radius 3 is 2.61 bits per heavy atom. The van der Waals surface area contributed by atoms with Crippen LogP contribution in [0.4, 0.5) is 10.1 Å². The van der Waals surface area contributed by atoms with E-state index in [-0.39, 0.29) is 22.8 Å². The van der Waals surface area contributed by atoms with Crippen LogP contribution in [-0.4, -0.2) is 17.0 Å². The second-order valence-corrected chi connectivity index (χ2v) is 3.46. The fourth-order valence-electron chi connectivity index (χ4n) is 1.55. The molecule has 0 aliphatic carbocycles. The number of ether oxygens (including phenoxy) is 1. The maximum Gasteiger partial charge on any atom is 0.295 e. The fraction of sp³-hybridized carbons (Fsp3) is 0.0833. The number of rotatable bonds is 3. The van der Waals surface area contributed by atoms with Gasteiger partial charge in [-0.3, -0.25) is 10.1 Å². The predicted molar refractivity (Wildman–Crippen MR) is 62.8 cm³/mol. The highest BCUT2D eigenvalue weighted by atomic mass is 19.1. The van der Waals surface area contributed by atoms with E-state index in [1.165, 1.54) is 37.4 Å². The van der Waals surface area contributed by atoms with Gasteiger partial charge < -0.3 is 4.74 Å². The van der Waals surface area contributed by atoms with Crippen LogP contribution in [0.15, 0.2) is 36.4 Å². The summed E-state index contributed by atoms with van der Waals surface area (Å²) in [7, 11) is 1.39. The summed E-state index contributed by atoms with van der Waals surface area (Å²) < 4.78 is 18.5. The summed E-state index contributed by atoms with van der Waals surface area (Å²) in [6.07, 6.45) is 0. The van der Waals surface area contributed by atoms with Gasteiger partial charge in [-0.05, 0) is 12.1 Å². The molecule has 0 saturated heterocycles. The molecule has 0 aliphatic rings. The second-order valence-electron chi connectivity index (χ2n) is 3.46. The minimum Gasteiger partial charge on any atom is -0.481 e. The Bertz CT molecular complexity index is 602. The molecule has 0 aliphatic heterocycles. The van der Waals surface area contributed by atoms with Crippen LogP contribution >= 0.6 is 0 Å². The molecule has 1 aromatic carbocycles. The van der Waals surface area contributed by atoms with Crippen molar-refractivity contribution in [1.82, 2.24) is 4.98 Å². The van der Waals surface area contributed by atoms with Gasteiger partial charge in [0, 0.05) is 17.7 Å². The third-order valence-electron chi connectivity index (χ3n) is 2.38. The Hall–Kier alpha value is -2.50. The van der Waals surface area contributed by atoms with Gasteiger partial charge in [0.2, 0.25) is 5.88 Å². The number of nitro groups is 1. The summed E-state index contributed by atoms with van der Waals surface area (Å²) in [5.41, 5.74) is -0.235. The van der Waals surface area contributed by atoms with Gasteiger partial charge in [0.15, 0.2) is 5.69 Å². The van der Waals surface area contributed by atoms with Crippen LogP contribution in [-0.2, 0) is 0 Å². The normalized spacial score (nSPS) is 10.1. The number of pyridine rings is 1. The van der Waals surface area contributed by atoms with Crippen molar-refractivity contribution >= 4 is 5.69 Å². The van der Waals surface area contributed by atoms with Crippen molar-refractivity contribution in [2.75, 3.05) is 7.11 Å². The maximum absolute atomic E-state index is 13.7. The van der Waals surface area contributed by atoms with Crippen LogP contribution in [0.25, 0.3) is 11.3 Å². The van der Waals surface area contributed by atoms with Gasteiger partial charge in [0.05, 0.1) is 12.0 Å². The van der Waals surface area contributed by atoms with E-state index in [9.17, 15) is 14.5 Å². The van der Waals surface area contributed by atoms with Gasteiger partial charge >= 0.3 is 0 Å². The van der Waals surface area contributed by atoms with Gasteiger partial charge in [0.1, 0.15) is 5.82 Å². The smallest absolute Gasteiger partial charge is 0.295 e. The molecule has 0 N–H and O–H groups in total. The molecule has 18 heavy (non-hydrogen) atoms. The van der Waals surface area contributed by atoms with Crippen molar-refractivity contribution < 1.29 is 14.1 Å². The Morgan fingerprint density at radius 1 is 1.28 bits per heavy atom. The summed E-state index contributed by atoms with van der Waals surface area (Å²) in [5.74, 6) is -0.375. The Morgan fingerprint density at radius 2 is 2.00 bits per heavy atom. The average Bonchev–Trinajstić information content (AvgIpc) is 2.38. The van der Waals surface area contributed by atoms with E-state index in [0.717, 1.165) is 0 Å². The lowest BCUT2D eigenvalue weighted by atomic mass is 10.1. The molecule has 0 saturated carbocycles. The van der Waals surface area contributed by atoms with E-state index >= 15 is 0 Å². The number of hydrogen-bond donors (Lipinski definition) is 0. The summed E-state index contributed by atoms with van der Waals surface area (Å²) in [6, 6.07) is 8.36. The predicted octanol–water partition coefficient (Wildman–Crippen LogP) is 2.80. The number of benzene rings is 1. The lowest BCUT2D eigenvalue weighted by Crippen LogP contribution is -1.98. The summed E-state index contributed by atoms with van der Waals surface area (Å²) in [5, 5.41) is 10.9. The molecule has 0 amide bonds. The molecule has 0 spiro atoms. The highest BCUT2D eigenvalue weighted by molar-refractivity contribution is 5.70. The molecule has 2 aromatic rings. The molecule has 5 nitrogen and oxygen atoms in total. The molecule has 0 atom stereocenters. The minimum atomic E-state index is -0.603. The van der Waals surface area contributed by atoms with Crippen LogP contribution in [0.3, 0.4) is 0 Å². The van der Waals surface area contributed by atoms with Crippen LogP contribution in [0.2, 0.25) is 0 Å². The lowest BCUT2D eigenvalue weighted by Gasteiger charge is -2.05. The molecule has 0 bridgehead atoms. The number of hydrogen-bond acceptors (Lipinski definition) is 4. The number of halogens is 1. The van der Waals surface area contributed by atoms with Gasteiger partial charge in [-0.1, -0.05) is 12.1 Å². The van der Waals surface area contributed by atoms with Crippen molar-refractivity contribution in [2.24, 2.45) is 0 Å². The molecular weight excluding hydrogens is 239 g/mol. The van der Waals surface area contributed by atoms with Crippen molar-refractivity contribution in [3.8, 4) is 17.1 Å².